The van der Waals surface area contributed by atoms with E-state index in [-0.39, 0.29) is 44.8 Å². The van der Waals surface area contributed by atoms with Crippen LogP contribution >= 0.6 is 46.0 Å². The molecule has 0 bridgehead atoms. The van der Waals surface area contributed by atoms with Gasteiger partial charge in [-0.1, -0.05) is 24.3 Å². The maximum Gasteiger partial charge on any atom is 0.282 e. The van der Waals surface area contributed by atoms with Crippen molar-refractivity contribution in [1.29, 1.82) is 0 Å². The number of non-ortho nitro benzene ring substituents is 1. The molecular weight excluding hydrogens is 601 g/mol. The molecule has 1 aliphatic heterocycles. The van der Waals surface area contributed by atoms with E-state index in [4.69, 9.17) is 11.6 Å². The van der Waals surface area contributed by atoms with Crippen molar-refractivity contribution in [2.45, 2.75) is 40.8 Å². The number of nitro groups is 2. The number of hydrogen-bond donors (Lipinski definition) is 1. The number of para-hydroxylation sites is 1. The van der Waals surface area contributed by atoms with Crippen molar-refractivity contribution in [3.8, 4) is 0 Å². The minimum atomic E-state index is -0.397. The van der Waals surface area contributed by atoms with E-state index in [2.05, 4.69) is 47.0 Å². The fourth-order valence-electron chi connectivity index (χ4n) is 5.37. The molecule has 180 valence electrons. The zero-order valence-corrected chi connectivity index (χ0v) is 22.3. The number of rotatable bonds is 5. The highest BCUT2D eigenvalue weighted by atomic mass is 127. The maximum absolute atomic E-state index is 11.6. The lowest BCUT2D eigenvalue weighted by Gasteiger charge is -2.39. The number of halogens is 2. The van der Waals surface area contributed by atoms with E-state index in [9.17, 15) is 20.2 Å². The second-order valence-electron chi connectivity index (χ2n) is 8.91. The van der Waals surface area contributed by atoms with Crippen LogP contribution in [0, 0.1) is 36.6 Å². The highest BCUT2D eigenvalue weighted by Gasteiger charge is 2.50. The summed E-state index contributed by atoms with van der Waals surface area (Å²) in [6.45, 7) is 2.07. The Morgan fingerprint density at radius 3 is 2.46 bits per heavy atom. The molecule has 3 aromatic carbocycles. The minimum absolute atomic E-state index is 0.0285. The summed E-state index contributed by atoms with van der Waals surface area (Å²) >= 11 is 11.0. The largest absolute Gasteiger partial charge is 0.377 e. The lowest BCUT2D eigenvalue weighted by molar-refractivity contribution is -0.387. The van der Waals surface area contributed by atoms with Crippen molar-refractivity contribution in [2.24, 2.45) is 5.92 Å². The van der Waals surface area contributed by atoms with Gasteiger partial charge < -0.3 is 5.32 Å². The lowest BCUT2D eigenvalue weighted by Crippen LogP contribution is -2.31. The van der Waals surface area contributed by atoms with E-state index in [0.29, 0.717) is 4.90 Å². The van der Waals surface area contributed by atoms with Crippen LogP contribution in [0.2, 0.25) is 0 Å². The summed E-state index contributed by atoms with van der Waals surface area (Å²) < 4.78 is 1.13. The lowest BCUT2D eigenvalue weighted by atomic mass is 9.76. The van der Waals surface area contributed by atoms with Crippen molar-refractivity contribution in [3.63, 3.8) is 0 Å². The summed E-state index contributed by atoms with van der Waals surface area (Å²) in [5.74, 6) is 0.172. The molecule has 0 spiro atoms. The number of nitrogens with zero attached hydrogens (tertiary/aromatic N) is 2. The van der Waals surface area contributed by atoms with Crippen LogP contribution in [-0.2, 0) is 0 Å². The monoisotopic (exact) mass is 621 g/mol. The Morgan fingerprint density at radius 1 is 1.06 bits per heavy atom. The van der Waals surface area contributed by atoms with E-state index in [1.54, 1.807) is 12.1 Å². The van der Waals surface area contributed by atoms with Crippen LogP contribution in [0.4, 0.5) is 17.1 Å². The molecule has 0 amide bonds. The second-order valence-corrected chi connectivity index (χ2v) is 11.9. The third kappa shape index (κ3) is 4.49. The molecule has 5 atom stereocenters. The molecule has 35 heavy (non-hydrogen) atoms. The molecule has 2 aliphatic rings. The molecule has 10 heteroatoms. The van der Waals surface area contributed by atoms with Gasteiger partial charge >= 0.3 is 0 Å². The van der Waals surface area contributed by atoms with Crippen molar-refractivity contribution >= 4 is 63.0 Å². The van der Waals surface area contributed by atoms with Crippen molar-refractivity contribution < 1.29 is 9.85 Å². The van der Waals surface area contributed by atoms with Gasteiger partial charge in [-0.15, -0.1) is 23.4 Å². The van der Waals surface area contributed by atoms with Gasteiger partial charge in [0.1, 0.15) is 0 Å². The van der Waals surface area contributed by atoms with Gasteiger partial charge in [-0.2, -0.15) is 0 Å². The topological polar surface area (TPSA) is 98.3 Å². The average molecular weight is 622 g/mol. The molecule has 0 unspecified atom stereocenters. The number of benzene rings is 3. The zero-order chi connectivity index (χ0) is 24.9. The number of aryl methyl sites for hydroxylation is 1. The van der Waals surface area contributed by atoms with Crippen LogP contribution in [0.3, 0.4) is 0 Å². The summed E-state index contributed by atoms with van der Waals surface area (Å²) in [6, 6.07) is 17.7. The normalized spacial score (nSPS) is 24.8. The number of nitro benzene ring substituents is 2. The summed E-state index contributed by atoms with van der Waals surface area (Å²) in [5.41, 5.74) is 4.45. The van der Waals surface area contributed by atoms with Gasteiger partial charge in [-0.25, -0.2) is 0 Å². The van der Waals surface area contributed by atoms with Gasteiger partial charge in [0, 0.05) is 38.6 Å². The van der Waals surface area contributed by atoms with Gasteiger partial charge in [-0.3, -0.25) is 20.2 Å². The molecule has 3 aromatic rings. The Balaban J connectivity index is 1.55. The number of hydrogen-bond acceptors (Lipinski definition) is 6. The highest BCUT2D eigenvalue weighted by molar-refractivity contribution is 14.1. The van der Waals surface area contributed by atoms with Gasteiger partial charge in [-0.05, 0) is 76.7 Å². The fraction of sp³-hybridized carbons (Fsp3) is 0.280. The standard InChI is InChI=1S/C25H21ClIN3O4S/c1-13-10-15(27)11-17-22-18(25(28-24(13)17)14-6-8-16(9-7-14)29(31)32)12-21(23(22)26)35-20-5-3-2-4-19(20)30(33)34/h2-11,18,21-23,25,28H,12H2,1H3/t18-,21+,22+,23+,25+/m0/s1. The van der Waals surface area contributed by atoms with Gasteiger partial charge in [0.25, 0.3) is 11.4 Å². The average Bonchev–Trinajstić information content (AvgIpc) is 3.15. The van der Waals surface area contributed by atoms with E-state index in [0.717, 1.165) is 26.8 Å². The highest BCUT2D eigenvalue weighted by Crippen LogP contribution is 2.58. The first-order chi connectivity index (χ1) is 16.7. The van der Waals surface area contributed by atoms with Crippen molar-refractivity contribution in [3.05, 3.63) is 101 Å². The van der Waals surface area contributed by atoms with E-state index < -0.39 is 4.92 Å². The number of anilines is 1. The Hall–Kier alpha value is -2.37. The molecule has 1 heterocycles. The van der Waals surface area contributed by atoms with E-state index in [1.165, 1.54) is 35.5 Å². The van der Waals surface area contributed by atoms with Gasteiger partial charge in [0.05, 0.1) is 26.2 Å². The molecular formula is C25H21ClIN3O4S. The molecule has 1 fully saturated rings. The molecule has 0 aromatic heterocycles. The number of nitrogens with one attached hydrogen (secondary N) is 1. The van der Waals surface area contributed by atoms with Crippen molar-refractivity contribution in [1.82, 2.24) is 0 Å². The van der Waals surface area contributed by atoms with Crippen LogP contribution in [0.25, 0.3) is 0 Å². The first kappa shape index (κ1) is 24.3. The molecule has 1 N–H and O–H groups in total. The Bertz CT molecular complexity index is 1320. The van der Waals surface area contributed by atoms with Crippen LogP contribution in [-0.4, -0.2) is 20.5 Å². The Labute approximate surface area is 225 Å². The summed E-state index contributed by atoms with van der Waals surface area (Å²) in [4.78, 5) is 22.6. The predicted molar refractivity (Wildman–Crippen MR) is 147 cm³/mol. The smallest absolute Gasteiger partial charge is 0.282 e. The van der Waals surface area contributed by atoms with Crippen LogP contribution in [0.15, 0.2) is 65.6 Å². The molecule has 1 aliphatic carbocycles. The summed E-state index contributed by atoms with van der Waals surface area (Å²) in [7, 11) is 0. The number of thioether (sulfide) groups is 1. The number of fused-ring (bicyclic) bond motifs is 3. The van der Waals surface area contributed by atoms with E-state index in [1.807, 2.05) is 18.2 Å². The molecule has 0 saturated heterocycles. The summed E-state index contributed by atoms with van der Waals surface area (Å²) in [5, 5.41) is 26.2. The van der Waals surface area contributed by atoms with Crippen LogP contribution < -0.4 is 5.32 Å². The van der Waals surface area contributed by atoms with Gasteiger partial charge in [0.15, 0.2) is 0 Å². The SMILES string of the molecule is Cc1cc(I)cc2c1N[C@H](c1ccc([N+](=O)[O-])cc1)[C@H]1C[C@@H](Sc3ccccc3[N+](=O)[O-])[C@@H](Cl)[C@H]21. The second kappa shape index (κ2) is 9.59. The third-order valence-corrected chi connectivity index (χ3v) is 9.62. The molecule has 5 rings (SSSR count). The zero-order valence-electron chi connectivity index (χ0n) is 18.6. The quantitative estimate of drug-likeness (QED) is 0.138. The first-order valence-corrected chi connectivity index (χ1v) is 13.5. The van der Waals surface area contributed by atoms with Crippen LogP contribution in [0.5, 0.6) is 0 Å². The maximum atomic E-state index is 11.6. The minimum Gasteiger partial charge on any atom is -0.377 e. The predicted octanol–water partition coefficient (Wildman–Crippen LogP) is 7.45. The summed E-state index contributed by atoms with van der Waals surface area (Å²) in [6.07, 6.45) is 0.758. The van der Waals surface area contributed by atoms with E-state index >= 15 is 0 Å². The fourth-order valence-corrected chi connectivity index (χ4v) is 8.11. The molecule has 7 nitrogen and oxygen atoms in total. The third-order valence-electron chi connectivity index (χ3n) is 6.89. The molecule has 0 radical (unpaired) electrons. The first-order valence-electron chi connectivity index (χ1n) is 11.1. The Kier molecular flexibility index (Phi) is 6.67. The van der Waals surface area contributed by atoms with Crippen molar-refractivity contribution in [2.75, 3.05) is 5.32 Å². The Morgan fingerprint density at radius 2 is 1.77 bits per heavy atom. The van der Waals surface area contributed by atoms with Crippen LogP contribution in [0.1, 0.15) is 35.1 Å². The molecule has 1 saturated carbocycles. The number of alkyl halides is 1. The van der Waals surface area contributed by atoms with Gasteiger partial charge in [0.2, 0.25) is 0 Å².